The minimum absolute atomic E-state index is 0.0424. The van der Waals surface area contributed by atoms with E-state index < -0.39 is 138 Å². The van der Waals surface area contributed by atoms with Gasteiger partial charge in [-0.3, -0.25) is 33.9 Å². The van der Waals surface area contributed by atoms with E-state index in [-0.39, 0.29) is 22.4 Å². The van der Waals surface area contributed by atoms with Gasteiger partial charge in [-0.05, 0) is 50.2 Å². The topological polar surface area (TPSA) is 266 Å². The largest absolute Gasteiger partial charge is 0.465 e. The SMILES string of the molecule is CC(=O)OC[C@]12[C@H](OC(C)=O)[C@H](OC(=O)c3cccnc3)[C@H]3OC(=O)[C@H](C)[C@@H](C)c4ncccc4C(=O)OC[C@@]4(C)O[C@]1([C@@H](OC(=O)c1ccccc1)[C@@H]4[C@H](OC(C)=O)[C@@H]2OC(C)=O)[C@]3(C)O. The molecule has 3 fully saturated rings. The van der Waals surface area contributed by atoms with Gasteiger partial charge in [0.1, 0.15) is 42.0 Å². The van der Waals surface area contributed by atoms with E-state index in [1.54, 1.807) is 13.0 Å². The number of hydrogen-bond acceptors (Lipinski definition) is 20. The fourth-order valence-corrected chi connectivity index (χ4v) is 10.3. The second-order valence-electron chi connectivity index (χ2n) is 17.5. The van der Waals surface area contributed by atoms with E-state index in [0.717, 1.165) is 40.8 Å². The van der Waals surface area contributed by atoms with Crippen molar-refractivity contribution in [1.82, 2.24) is 9.97 Å². The number of pyridine rings is 2. The number of carbonyl (C=O) groups is 8. The third-order valence-electron chi connectivity index (χ3n) is 13.2. The Hall–Kier alpha value is -6.80. The molecule has 2 saturated carbocycles. The van der Waals surface area contributed by atoms with Crippen LogP contribution in [0.3, 0.4) is 0 Å². The summed E-state index contributed by atoms with van der Waals surface area (Å²) in [5.41, 5.74) is -10.8. The lowest BCUT2D eigenvalue weighted by Crippen LogP contribution is -2.89. The molecule has 1 N–H and O–H groups in total. The van der Waals surface area contributed by atoms with E-state index in [1.165, 1.54) is 74.8 Å². The Morgan fingerprint density at radius 1 is 0.716 bits per heavy atom. The van der Waals surface area contributed by atoms with Gasteiger partial charge in [0.2, 0.25) is 0 Å². The molecule has 3 aromatic rings. The molecule has 2 aliphatic carbocycles. The quantitative estimate of drug-likeness (QED) is 0.239. The Bertz CT molecular complexity index is 2460. The summed E-state index contributed by atoms with van der Waals surface area (Å²) in [4.78, 5) is 120. The van der Waals surface area contributed by atoms with E-state index in [4.69, 9.17) is 42.6 Å². The number of esters is 8. The first-order chi connectivity index (χ1) is 31.6. The molecule has 356 valence electrons. The van der Waals surface area contributed by atoms with Gasteiger partial charge in [-0.25, -0.2) is 14.4 Å². The van der Waals surface area contributed by atoms with Crippen LogP contribution in [0.2, 0.25) is 0 Å². The second-order valence-corrected chi connectivity index (χ2v) is 17.5. The first kappa shape index (κ1) is 48.1. The average molecular weight is 931 g/mol. The van der Waals surface area contributed by atoms with Crippen LogP contribution in [0.25, 0.3) is 0 Å². The Morgan fingerprint density at radius 3 is 1.94 bits per heavy atom. The third-order valence-corrected chi connectivity index (χ3v) is 13.2. The zero-order chi connectivity index (χ0) is 48.8. The van der Waals surface area contributed by atoms with Gasteiger partial charge >= 0.3 is 47.8 Å². The van der Waals surface area contributed by atoms with Gasteiger partial charge in [-0.15, -0.1) is 0 Å². The predicted molar refractivity (Wildman–Crippen MR) is 223 cm³/mol. The molecular formula is C47H50N2O18. The van der Waals surface area contributed by atoms with Gasteiger partial charge in [-0.2, -0.15) is 0 Å². The molecule has 7 rings (SSSR count). The average Bonchev–Trinajstić information content (AvgIpc) is 3.51. The van der Waals surface area contributed by atoms with E-state index in [2.05, 4.69) is 9.97 Å². The number of cyclic esters (lactones) is 1. The van der Waals surface area contributed by atoms with Gasteiger partial charge < -0.3 is 47.7 Å². The number of hydrogen-bond donors (Lipinski definition) is 1. The molecule has 20 nitrogen and oxygen atoms in total. The number of aromatic nitrogens is 2. The summed E-state index contributed by atoms with van der Waals surface area (Å²) in [6, 6.07) is 13.2. The van der Waals surface area contributed by atoms with Crippen molar-refractivity contribution in [3.05, 3.63) is 95.6 Å². The van der Waals surface area contributed by atoms with Crippen LogP contribution >= 0.6 is 0 Å². The molecule has 0 amide bonds. The fourth-order valence-electron chi connectivity index (χ4n) is 10.3. The maximum absolute atomic E-state index is 14.8. The zero-order valence-corrected chi connectivity index (χ0v) is 37.8. The van der Waals surface area contributed by atoms with Crippen LogP contribution in [-0.4, -0.2) is 129 Å². The van der Waals surface area contributed by atoms with Crippen LogP contribution in [0.4, 0.5) is 0 Å². The highest BCUT2D eigenvalue weighted by Gasteiger charge is 2.92. The predicted octanol–water partition coefficient (Wildman–Crippen LogP) is 3.02. The highest BCUT2D eigenvalue weighted by atomic mass is 16.7. The van der Waals surface area contributed by atoms with Crippen molar-refractivity contribution >= 4 is 47.8 Å². The Morgan fingerprint density at radius 2 is 1.33 bits per heavy atom. The van der Waals surface area contributed by atoms with Gasteiger partial charge in [0, 0.05) is 52.2 Å². The van der Waals surface area contributed by atoms with Crippen LogP contribution in [0.15, 0.2) is 73.2 Å². The summed E-state index contributed by atoms with van der Waals surface area (Å²) in [5.74, 6) is -12.2. The molecule has 1 spiro atoms. The number of aliphatic hydroxyl groups is 1. The van der Waals surface area contributed by atoms with Crippen molar-refractivity contribution in [1.29, 1.82) is 0 Å². The number of carbonyl (C=O) groups excluding carboxylic acids is 8. The second kappa shape index (κ2) is 18.1. The lowest BCUT2D eigenvalue weighted by Gasteiger charge is -2.67. The van der Waals surface area contributed by atoms with Crippen LogP contribution in [0, 0.1) is 17.3 Å². The van der Waals surface area contributed by atoms with Gasteiger partial charge in [-0.1, -0.05) is 32.0 Å². The van der Waals surface area contributed by atoms with Gasteiger partial charge in [0.05, 0.1) is 34.2 Å². The van der Waals surface area contributed by atoms with E-state index >= 15 is 0 Å². The van der Waals surface area contributed by atoms with Crippen LogP contribution in [0.5, 0.6) is 0 Å². The molecule has 0 unspecified atom stereocenters. The number of benzene rings is 1. The molecule has 1 aromatic carbocycles. The highest BCUT2D eigenvalue weighted by molar-refractivity contribution is 5.92. The molecule has 13 atom stereocenters. The molecule has 67 heavy (non-hydrogen) atoms. The number of nitrogens with zero attached hydrogens (tertiary/aromatic N) is 2. The lowest BCUT2D eigenvalue weighted by molar-refractivity contribution is -0.385. The van der Waals surface area contributed by atoms with Crippen LogP contribution in [0.1, 0.15) is 98.1 Å². The highest BCUT2D eigenvalue weighted by Crippen LogP contribution is 2.70. The maximum atomic E-state index is 14.8. The van der Waals surface area contributed by atoms with Crippen molar-refractivity contribution in [2.45, 2.75) is 115 Å². The Balaban J connectivity index is 1.64. The first-order valence-corrected chi connectivity index (χ1v) is 21.4. The van der Waals surface area contributed by atoms with Crippen molar-refractivity contribution in [2.24, 2.45) is 17.3 Å². The molecule has 1 saturated heterocycles. The number of rotatable bonds is 9. The summed E-state index contributed by atoms with van der Waals surface area (Å²) in [6.45, 7) is 7.58. The van der Waals surface area contributed by atoms with Gasteiger partial charge in [0.25, 0.3) is 0 Å². The van der Waals surface area contributed by atoms with E-state index in [9.17, 15) is 43.5 Å². The molecule has 0 radical (unpaired) electrons. The smallest absolute Gasteiger partial charge is 0.340 e. The first-order valence-electron chi connectivity index (χ1n) is 21.4. The molecule has 4 heterocycles. The van der Waals surface area contributed by atoms with Crippen molar-refractivity contribution < 1.29 is 86.1 Å². The van der Waals surface area contributed by atoms with Crippen molar-refractivity contribution in [3.63, 3.8) is 0 Å². The normalized spacial score (nSPS) is 34.1. The van der Waals surface area contributed by atoms with Crippen molar-refractivity contribution in [3.8, 4) is 0 Å². The van der Waals surface area contributed by atoms with Crippen LogP contribution in [-0.2, 0) is 66.6 Å². The molecular weight excluding hydrogens is 881 g/mol. The van der Waals surface area contributed by atoms with Crippen molar-refractivity contribution in [2.75, 3.05) is 13.2 Å². The summed E-state index contributed by atoms with van der Waals surface area (Å²) >= 11 is 0. The minimum Gasteiger partial charge on any atom is -0.465 e. The minimum atomic E-state index is -2.94. The van der Waals surface area contributed by atoms with E-state index in [0.29, 0.717) is 0 Å². The molecule has 20 heteroatoms. The summed E-state index contributed by atoms with van der Waals surface area (Å²) < 4.78 is 56.4. The monoisotopic (exact) mass is 930 g/mol. The summed E-state index contributed by atoms with van der Waals surface area (Å²) in [5, 5.41) is 13.9. The van der Waals surface area contributed by atoms with E-state index in [1.807, 2.05) is 0 Å². The number of fused-ring (bicyclic) bond motifs is 5. The molecule has 2 aromatic heterocycles. The lowest BCUT2D eigenvalue weighted by atomic mass is 9.45. The zero-order valence-electron chi connectivity index (χ0n) is 37.8. The molecule has 4 aliphatic rings. The molecule has 4 bridgehead atoms. The summed E-state index contributed by atoms with van der Waals surface area (Å²) in [6.07, 6.45) is -8.69. The molecule has 2 aliphatic heterocycles. The van der Waals surface area contributed by atoms with Crippen LogP contribution < -0.4 is 0 Å². The Kier molecular flexibility index (Phi) is 13.0. The maximum Gasteiger partial charge on any atom is 0.340 e. The number of ether oxygens (including phenoxy) is 9. The van der Waals surface area contributed by atoms with Gasteiger partial charge in [0.15, 0.2) is 30.0 Å². The summed E-state index contributed by atoms with van der Waals surface area (Å²) in [7, 11) is 0. The third kappa shape index (κ3) is 8.15. The standard InChI is InChI=1S/C47H50N2O18/c1-23-24(2)40(54)66-37-35(64-42(56)30-16-12-18-48-20-30)39(63-28(6)53)46(22-59-25(3)50)38(62-27(5)52)34(61-26(4)51)32-36(65-41(55)29-14-10-9-11-15-29)47(46,45(37,8)58)67-44(32,7)21-60-43(57)31-17-13-19-49-33(23)31/h9-20,23-24,32,34-39,58H,21-22H2,1-8H3/t23-,24-,32+,34+,35-,36+,37-,38+,39-,44-,45-,46+,47-/m1/s1. The fraction of sp³-hybridized carbons (Fsp3) is 0.489. The Labute approximate surface area is 383 Å².